The van der Waals surface area contributed by atoms with Crippen molar-refractivity contribution in [2.24, 2.45) is 5.73 Å². The van der Waals surface area contributed by atoms with Crippen LogP contribution in [0.3, 0.4) is 0 Å². The van der Waals surface area contributed by atoms with E-state index in [1.165, 1.54) is 41.2 Å². The third-order valence-electron chi connectivity index (χ3n) is 5.40. The Bertz CT molecular complexity index is 1500. The van der Waals surface area contributed by atoms with Crippen molar-refractivity contribution in [3.8, 4) is 11.3 Å². The quantitative estimate of drug-likeness (QED) is 0.216. The van der Waals surface area contributed by atoms with Gasteiger partial charge in [-0.3, -0.25) is 18.7 Å². The molecule has 0 saturated carbocycles. The highest BCUT2D eigenvalue weighted by molar-refractivity contribution is 6.34. The summed E-state index contributed by atoms with van der Waals surface area (Å²) < 4.78 is 55.9. The fourth-order valence-electron chi connectivity index (χ4n) is 3.67. The van der Waals surface area contributed by atoms with Crippen LogP contribution in [0.4, 0.5) is 29.1 Å². The average Bonchev–Trinajstić information content (AvgIpc) is 3.51. The molecule has 0 saturated heterocycles. The number of hydrogen-bond donors (Lipinski definition) is 4. The third kappa shape index (κ3) is 6.26. The van der Waals surface area contributed by atoms with E-state index >= 15 is 0 Å². The van der Waals surface area contributed by atoms with Gasteiger partial charge in [0.1, 0.15) is 6.67 Å². The Kier molecular flexibility index (Phi) is 8.30. The summed E-state index contributed by atoms with van der Waals surface area (Å²) in [6.07, 6.45) is 0.371. The second-order valence-corrected chi connectivity index (χ2v) is 8.50. The first kappa shape index (κ1) is 27.8. The molecule has 39 heavy (non-hydrogen) atoms. The number of fused-ring (bicyclic) bond motifs is 1. The molecular weight excluding hydrogens is 546 g/mol. The molecule has 0 unspecified atom stereocenters. The highest BCUT2D eigenvalue weighted by atomic mass is 35.5. The zero-order valence-corrected chi connectivity index (χ0v) is 20.9. The van der Waals surface area contributed by atoms with Crippen LogP contribution in [0.5, 0.6) is 0 Å². The van der Waals surface area contributed by atoms with Crippen LogP contribution < -0.4 is 21.7 Å². The van der Waals surface area contributed by atoms with Crippen molar-refractivity contribution >= 4 is 40.6 Å². The lowest BCUT2D eigenvalue weighted by Crippen LogP contribution is -2.38. The van der Waals surface area contributed by atoms with E-state index in [0.717, 1.165) is 10.9 Å². The number of aromatic nitrogens is 5. The molecule has 2 amide bonds. The summed E-state index contributed by atoms with van der Waals surface area (Å²) in [5.74, 6) is -0.779. The molecule has 5 N–H and O–H groups in total. The summed E-state index contributed by atoms with van der Waals surface area (Å²) in [4.78, 5) is 32.5. The maximum absolute atomic E-state index is 13.6. The Balaban J connectivity index is 1.57. The molecule has 0 fully saturated rings. The van der Waals surface area contributed by atoms with Crippen molar-refractivity contribution in [2.45, 2.75) is 12.7 Å². The first-order chi connectivity index (χ1) is 18.6. The summed E-state index contributed by atoms with van der Waals surface area (Å²) >= 11 is 6.28. The van der Waals surface area contributed by atoms with E-state index in [1.54, 1.807) is 0 Å². The topological polar surface area (TPSA) is 144 Å². The van der Waals surface area contributed by atoms with Crippen molar-refractivity contribution in [3.63, 3.8) is 0 Å². The van der Waals surface area contributed by atoms with Gasteiger partial charge in [0.25, 0.3) is 5.91 Å². The number of nitrogens with one attached hydrogen (secondary N) is 3. The van der Waals surface area contributed by atoms with E-state index in [4.69, 9.17) is 17.3 Å². The zero-order valence-electron chi connectivity index (χ0n) is 20.1. The molecule has 0 bridgehead atoms. The van der Waals surface area contributed by atoms with Gasteiger partial charge in [0.15, 0.2) is 17.2 Å². The Morgan fingerprint density at radius 2 is 1.95 bits per heavy atom. The maximum atomic E-state index is 13.6. The number of nitrogens with two attached hydrogens (primary N) is 1. The van der Waals surface area contributed by atoms with E-state index in [-0.39, 0.29) is 59.5 Å². The molecule has 3 aromatic heterocycles. The fourth-order valence-corrected chi connectivity index (χ4v) is 3.94. The van der Waals surface area contributed by atoms with Crippen molar-refractivity contribution in [1.82, 2.24) is 34.8 Å². The number of carbonyl (C=O) groups is 2. The number of carbonyl (C=O) groups excluding carboxylic acids is 2. The number of rotatable bonds is 10. The molecular formula is C23H22ClF4N9O2. The molecule has 0 aliphatic rings. The lowest BCUT2D eigenvalue weighted by Gasteiger charge is -2.11. The molecule has 0 aliphatic heterocycles. The van der Waals surface area contributed by atoms with Crippen LogP contribution >= 0.6 is 11.6 Å². The van der Waals surface area contributed by atoms with Crippen LogP contribution in [-0.4, -0.2) is 62.3 Å². The van der Waals surface area contributed by atoms with Gasteiger partial charge in [-0.1, -0.05) is 11.6 Å². The van der Waals surface area contributed by atoms with Crippen LogP contribution in [0.1, 0.15) is 16.1 Å². The second kappa shape index (κ2) is 11.7. The predicted molar refractivity (Wildman–Crippen MR) is 134 cm³/mol. The van der Waals surface area contributed by atoms with Gasteiger partial charge in [0, 0.05) is 37.4 Å². The standard InChI is InChI=1S/C23H22ClF4N9O2/c24-16-9-13(1-2-14(16)22(39)33-11-18(38)30-5-4-29)34-20-21-32-10-17(37(21)8-6-31-20)15-12-36(7-3-25)35-19(15)23(26,27)28/h1-2,6,8-10,12H,3-5,7,11,29H2,(H,30,38)(H,31,34)(H,33,39). The van der Waals surface area contributed by atoms with Crippen molar-refractivity contribution in [2.75, 3.05) is 31.6 Å². The molecule has 1 aromatic carbocycles. The number of amides is 2. The molecule has 11 nitrogen and oxygen atoms in total. The lowest BCUT2D eigenvalue weighted by atomic mass is 10.2. The molecule has 4 aromatic rings. The van der Waals surface area contributed by atoms with Gasteiger partial charge in [-0.05, 0) is 18.2 Å². The smallest absolute Gasteiger partial charge is 0.353 e. The minimum absolute atomic E-state index is 0.0749. The van der Waals surface area contributed by atoms with Gasteiger partial charge >= 0.3 is 6.18 Å². The van der Waals surface area contributed by atoms with E-state index < -0.39 is 30.4 Å². The Labute approximate surface area is 223 Å². The summed E-state index contributed by atoms with van der Waals surface area (Å²) in [5.41, 5.74) is 4.68. The summed E-state index contributed by atoms with van der Waals surface area (Å²) in [6.45, 7) is -0.920. The first-order valence-electron chi connectivity index (χ1n) is 11.5. The Morgan fingerprint density at radius 3 is 2.64 bits per heavy atom. The summed E-state index contributed by atoms with van der Waals surface area (Å²) in [5, 5.41) is 11.5. The van der Waals surface area contributed by atoms with Crippen molar-refractivity contribution < 1.29 is 27.2 Å². The van der Waals surface area contributed by atoms with E-state index in [2.05, 4.69) is 31.0 Å². The average molecular weight is 568 g/mol. The SMILES string of the molecule is NCCNC(=O)CNC(=O)c1ccc(Nc2nccn3c(-c4cn(CCF)nc4C(F)(F)F)cnc23)cc1Cl. The van der Waals surface area contributed by atoms with Crippen LogP contribution in [0.15, 0.2) is 43.0 Å². The number of alkyl halides is 4. The van der Waals surface area contributed by atoms with Gasteiger partial charge < -0.3 is 21.7 Å². The van der Waals surface area contributed by atoms with E-state index in [0.29, 0.717) is 5.69 Å². The maximum Gasteiger partial charge on any atom is 0.435 e. The number of aryl methyl sites for hydroxylation is 1. The molecule has 206 valence electrons. The second-order valence-electron chi connectivity index (χ2n) is 8.10. The first-order valence-corrected chi connectivity index (χ1v) is 11.8. The number of imidazole rings is 1. The molecule has 0 atom stereocenters. The number of benzene rings is 1. The van der Waals surface area contributed by atoms with Crippen LogP contribution in [0, 0.1) is 0 Å². The number of hydrogen-bond acceptors (Lipinski definition) is 7. The van der Waals surface area contributed by atoms with Crippen molar-refractivity contribution in [3.05, 3.63) is 59.3 Å². The van der Waals surface area contributed by atoms with Gasteiger partial charge in [-0.2, -0.15) is 18.3 Å². The Hall–Kier alpha value is -4.24. The highest BCUT2D eigenvalue weighted by Crippen LogP contribution is 2.37. The van der Waals surface area contributed by atoms with Gasteiger partial charge in [0.2, 0.25) is 5.91 Å². The molecule has 16 heteroatoms. The fraction of sp³-hybridized carbons (Fsp3) is 0.261. The van der Waals surface area contributed by atoms with Gasteiger partial charge in [-0.25, -0.2) is 14.4 Å². The van der Waals surface area contributed by atoms with E-state index in [9.17, 15) is 27.2 Å². The molecule has 0 spiro atoms. The lowest BCUT2D eigenvalue weighted by molar-refractivity contribution is -0.141. The van der Waals surface area contributed by atoms with Crippen LogP contribution in [0.2, 0.25) is 5.02 Å². The number of nitrogens with zero attached hydrogens (tertiary/aromatic N) is 5. The van der Waals surface area contributed by atoms with Gasteiger partial charge in [-0.15, -0.1) is 0 Å². The Morgan fingerprint density at radius 1 is 1.15 bits per heavy atom. The summed E-state index contributed by atoms with van der Waals surface area (Å²) in [6, 6.07) is 4.42. The van der Waals surface area contributed by atoms with Gasteiger partial charge in [0.05, 0.1) is 41.1 Å². The number of halogens is 5. The minimum atomic E-state index is -4.77. The molecule has 0 radical (unpaired) electrons. The minimum Gasteiger partial charge on any atom is -0.353 e. The molecule has 0 aliphatic carbocycles. The monoisotopic (exact) mass is 567 g/mol. The highest BCUT2D eigenvalue weighted by Gasteiger charge is 2.38. The normalized spacial score (nSPS) is 11.5. The largest absolute Gasteiger partial charge is 0.435 e. The summed E-state index contributed by atoms with van der Waals surface area (Å²) in [7, 11) is 0. The third-order valence-corrected chi connectivity index (χ3v) is 5.71. The molecule has 3 heterocycles. The molecule has 4 rings (SSSR count). The number of anilines is 2. The van der Waals surface area contributed by atoms with Crippen LogP contribution in [0.25, 0.3) is 16.9 Å². The predicted octanol–water partition coefficient (Wildman–Crippen LogP) is 2.78. The van der Waals surface area contributed by atoms with Crippen LogP contribution in [-0.2, 0) is 17.5 Å². The van der Waals surface area contributed by atoms with E-state index in [1.807, 2.05) is 0 Å². The van der Waals surface area contributed by atoms with Crippen molar-refractivity contribution in [1.29, 1.82) is 0 Å². The zero-order chi connectivity index (χ0) is 28.2.